The third-order valence-corrected chi connectivity index (χ3v) is 4.96. The van der Waals surface area contributed by atoms with Gasteiger partial charge < -0.3 is 10.1 Å². The van der Waals surface area contributed by atoms with Gasteiger partial charge in [0.2, 0.25) is 15.9 Å². The van der Waals surface area contributed by atoms with E-state index in [1.165, 1.54) is 32.2 Å². The van der Waals surface area contributed by atoms with E-state index in [-0.39, 0.29) is 22.6 Å². The molecule has 0 saturated heterocycles. The molecule has 2 N–H and O–H groups in total. The van der Waals surface area contributed by atoms with Crippen LogP contribution in [0.1, 0.15) is 25.5 Å². The number of amides is 1. The number of anilines is 1. The predicted molar refractivity (Wildman–Crippen MR) is 92.5 cm³/mol. The number of nitrogens with one attached hydrogen (secondary N) is 2. The van der Waals surface area contributed by atoms with Gasteiger partial charge in [-0.2, -0.15) is 0 Å². The molecule has 0 fully saturated rings. The van der Waals surface area contributed by atoms with Gasteiger partial charge in [0.15, 0.2) is 0 Å². The van der Waals surface area contributed by atoms with Crippen LogP contribution in [0.2, 0.25) is 0 Å². The van der Waals surface area contributed by atoms with Gasteiger partial charge in [-0.1, -0.05) is 30.3 Å². The second-order valence-corrected chi connectivity index (χ2v) is 7.01. The maximum Gasteiger partial charge on any atom is 0.241 e. The van der Waals surface area contributed by atoms with Crippen molar-refractivity contribution in [3.05, 3.63) is 54.1 Å². The minimum Gasteiger partial charge on any atom is -0.495 e. The summed E-state index contributed by atoms with van der Waals surface area (Å²) in [4.78, 5) is 11.2. The lowest BCUT2D eigenvalue weighted by Gasteiger charge is -2.16. The van der Waals surface area contributed by atoms with E-state index in [1.54, 1.807) is 6.92 Å². The molecule has 0 radical (unpaired) electrons. The molecule has 0 heterocycles. The van der Waals surface area contributed by atoms with E-state index in [0.717, 1.165) is 5.56 Å². The molecule has 2 aromatic rings. The monoisotopic (exact) mass is 348 g/mol. The Balaban J connectivity index is 2.27. The van der Waals surface area contributed by atoms with Crippen LogP contribution in [0.25, 0.3) is 0 Å². The molecule has 0 saturated carbocycles. The molecule has 128 valence electrons. The normalized spacial score (nSPS) is 12.5. The van der Waals surface area contributed by atoms with Gasteiger partial charge in [0.25, 0.3) is 0 Å². The fourth-order valence-corrected chi connectivity index (χ4v) is 3.49. The first-order valence-electron chi connectivity index (χ1n) is 7.36. The van der Waals surface area contributed by atoms with Crippen molar-refractivity contribution >= 4 is 21.6 Å². The van der Waals surface area contributed by atoms with Crippen molar-refractivity contribution in [2.75, 3.05) is 12.4 Å². The molecule has 0 spiro atoms. The number of carbonyl (C=O) groups is 1. The van der Waals surface area contributed by atoms with Gasteiger partial charge in [-0.3, -0.25) is 4.79 Å². The maximum absolute atomic E-state index is 12.6. The molecule has 0 unspecified atom stereocenters. The molecule has 6 nitrogen and oxygen atoms in total. The van der Waals surface area contributed by atoms with Crippen LogP contribution in [0.3, 0.4) is 0 Å². The van der Waals surface area contributed by atoms with Crippen LogP contribution >= 0.6 is 0 Å². The van der Waals surface area contributed by atoms with Crippen LogP contribution < -0.4 is 14.8 Å². The van der Waals surface area contributed by atoms with E-state index >= 15 is 0 Å². The van der Waals surface area contributed by atoms with Crippen LogP contribution in [-0.2, 0) is 14.8 Å². The molecule has 24 heavy (non-hydrogen) atoms. The first-order chi connectivity index (χ1) is 11.3. The van der Waals surface area contributed by atoms with Crippen molar-refractivity contribution in [3.63, 3.8) is 0 Å². The first-order valence-corrected chi connectivity index (χ1v) is 8.84. The maximum atomic E-state index is 12.6. The number of ether oxygens (including phenoxy) is 1. The largest absolute Gasteiger partial charge is 0.495 e. The predicted octanol–water partition coefficient (Wildman–Crippen LogP) is 2.69. The number of sulfonamides is 1. The Morgan fingerprint density at radius 1 is 1.12 bits per heavy atom. The van der Waals surface area contributed by atoms with Gasteiger partial charge in [0, 0.05) is 19.0 Å². The van der Waals surface area contributed by atoms with Gasteiger partial charge in [-0.25, -0.2) is 13.1 Å². The molecular weight excluding hydrogens is 328 g/mol. The Morgan fingerprint density at radius 2 is 1.79 bits per heavy atom. The molecule has 2 aromatic carbocycles. The standard InChI is InChI=1S/C17H20N2O4S/c1-12(14-7-5-4-6-8-14)19-24(21,22)15-9-10-16(18-13(2)20)17(11-15)23-3/h4-12,19H,1-3H3,(H,18,20)/t12-/m0/s1. The summed E-state index contributed by atoms with van der Waals surface area (Å²) >= 11 is 0. The van der Waals surface area contributed by atoms with Gasteiger partial charge in [0.05, 0.1) is 17.7 Å². The Hall–Kier alpha value is -2.38. The summed E-state index contributed by atoms with van der Waals surface area (Å²) in [7, 11) is -2.31. The molecule has 0 aromatic heterocycles. The van der Waals surface area contributed by atoms with E-state index in [1.807, 2.05) is 30.3 Å². The number of carbonyl (C=O) groups excluding carboxylic acids is 1. The Bertz CT molecular complexity index is 820. The second-order valence-electron chi connectivity index (χ2n) is 5.30. The number of rotatable bonds is 6. The molecular formula is C17H20N2O4S. The minimum absolute atomic E-state index is 0.0660. The molecule has 2 rings (SSSR count). The van der Waals surface area contributed by atoms with Crippen molar-refractivity contribution in [1.29, 1.82) is 0 Å². The minimum atomic E-state index is -3.73. The summed E-state index contributed by atoms with van der Waals surface area (Å²) in [5.74, 6) is 0.0140. The summed E-state index contributed by atoms with van der Waals surface area (Å²) < 4.78 is 32.9. The van der Waals surface area contributed by atoms with Crippen LogP contribution in [0.15, 0.2) is 53.4 Å². The number of methoxy groups -OCH3 is 1. The summed E-state index contributed by atoms with van der Waals surface area (Å²) in [6.07, 6.45) is 0. The first kappa shape index (κ1) is 18.0. The van der Waals surface area contributed by atoms with Crippen LogP contribution in [-0.4, -0.2) is 21.4 Å². The van der Waals surface area contributed by atoms with Crippen molar-refractivity contribution in [3.8, 4) is 5.75 Å². The highest BCUT2D eigenvalue weighted by atomic mass is 32.2. The highest BCUT2D eigenvalue weighted by Gasteiger charge is 2.20. The molecule has 1 atom stereocenters. The summed E-state index contributed by atoms with van der Waals surface area (Å²) in [6, 6.07) is 13.2. The van der Waals surface area contributed by atoms with Crippen molar-refractivity contribution in [1.82, 2.24) is 4.72 Å². The van der Waals surface area contributed by atoms with Crippen molar-refractivity contribution in [2.45, 2.75) is 24.8 Å². The smallest absolute Gasteiger partial charge is 0.241 e. The Labute approximate surface area is 141 Å². The average molecular weight is 348 g/mol. The zero-order valence-corrected chi connectivity index (χ0v) is 14.6. The lowest BCUT2D eigenvalue weighted by atomic mass is 10.1. The lowest BCUT2D eigenvalue weighted by molar-refractivity contribution is -0.114. The van der Waals surface area contributed by atoms with Crippen molar-refractivity contribution in [2.24, 2.45) is 0 Å². The number of hydrogen-bond acceptors (Lipinski definition) is 4. The summed E-state index contributed by atoms with van der Waals surface area (Å²) in [6.45, 7) is 3.14. The zero-order chi connectivity index (χ0) is 17.7. The lowest BCUT2D eigenvalue weighted by Crippen LogP contribution is -2.27. The summed E-state index contributed by atoms with van der Waals surface area (Å²) in [5, 5.41) is 2.59. The Morgan fingerprint density at radius 3 is 2.38 bits per heavy atom. The molecule has 0 aliphatic heterocycles. The van der Waals surface area contributed by atoms with Crippen LogP contribution in [0, 0.1) is 0 Å². The third kappa shape index (κ3) is 4.33. The van der Waals surface area contributed by atoms with E-state index in [0.29, 0.717) is 5.69 Å². The van der Waals surface area contributed by atoms with Gasteiger partial charge >= 0.3 is 0 Å². The third-order valence-electron chi connectivity index (χ3n) is 3.43. The Kier molecular flexibility index (Phi) is 5.58. The molecule has 0 aliphatic rings. The second kappa shape index (κ2) is 7.46. The fraction of sp³-hybridized carbons (Fsp3) is 0.235. The quantitative estimate of drug-likeness (QED) is 0.840. The van der Waals surface area contributed by atoms with Crippen LogP contribution in [0.4, 0.5) is 5.69 Å². The zero-order valence-electron chi connectivity index (χ0n) is 13.7. The SMILES string of the molecule is COc1cc(S(=O)(=O)N[C@@H](C)c2ccccc2)ccc1NC(C)=O. The van der Waals surface area contributed by atoms with Gasteiger partial charge in [0.1, 0.15) is 5.75 Å². The highest BCUT2D eigenvalue weighted by molar-refractivity contribution is 7.89. The number of benzene rings is 2. The topological polar surface area (TPSA) is 84.5 Å². The molecule has 0 aliphatic carbocycles. The van der Waals surface area contributed by atoms with Crippen molar-refractivity contribution < 1.29 is 17.9 Å². The van der Waals surface area contributed by atoms with E-state index in [9.17, 15) is 13.2 Å². The highest BCUT2D eigenvalue weighted by Crippen LogP contribution is 2.28. The molecule has 1 amide bonds. The molecule has 7 heteroatoms. The van der Waals surface area contributed by atoms with E-state index < -0.39 is 10.0 Å². The average Bonchev–Trinajstić information content (AvgIpc) is 2.55. The summed E-state index contributed by atoms with van der Waals surface area (Å²) in [5.41, 5.74) is 1.28. The van der Waals surface area contributed by atoms with Gasteiger partial charge in [-0.15, -0.1) is 0 Å². The molecule has 0 bridgehead atoms. The fourth-order valence-electron chi connectivity index (χ4n) is 2.24. The van der Waals surface area contributed by atoms with Gasteiger partial charge in [-0.05, 0) is 24.6 Å². The number of hydrogen-bond donors (Lipinski definition) is 2. The van der Waals surface area contributed by atoms with E-state index in [2.05, 4.69) is 10.0 Å². The van der Waals surface area contributed by atoms with Crippen LogP contribution in [0.5, 0.6) is 5.75 Å². The van der Waals surface area contributed by atoms with E-state index in [4.69, 9.17) is 4.74 Å².